The fourth-order valence-corrected chi connectivity index (χ4v) is 2.95. The number of aromatic nitrogens is 5. The zero-order valence-corrected chi connectivity index (χ0v) is 15.1. The van der Waals surface area contributed by atoms with Crippen LogP contribution in [0, 0.1) is 0 Å². The number of para-hydroxylation sites is 1. The predicted molar refractivity (Wildman–Crippen MR) is 99.6 cm³/mol. The number of ether oxygens (including phenoxy) is 1. The van der Waals surface area contributed by atoms with Crippen LogP contribution in [0.15, 0.2) is 35.5 Å². The minimum absolute atomic E-state index is 0.522. The van der Waals surface area contributed by atoms with E-state index in [1.54, 1.807) is 11.8 Å². The molecule has 2 heterocycles. The van der Waals surface area contributed by atoms with Gasteiger partial charge in [0.2, 0.25) is 11.9 Å². The molecule has 0 aliphatic rings. The number of benzene rings is 1. The molecule has 0 saturated heterocycles. The molecule has 1 aromatic carbocycles. The van der Waals surface area contributed by atoms with Gasteiger partial charge in [0.05, 0.1) is 6.61 Å². The van der Waals surface area contributed by atoms with Gasteiger partial charge in [-0.1, -0.05) is 30.0 Å². The average molecular weight is 359 g/mol. The summed E-state index contributed by atoms with van der Waals surface area (Å²) in [6.07, 6.45) is 0. The average Bonchev–Trinajstić information content (AvgIpc) is 3.03. The maximum atomic E-state index is 5.71. The van der Waals surface area contributed by atoms with E-state index in [0.717, 1.165) is 29.7 Å². The second-order valence-corrected chi connectivity index (χ2v) is 6.12. The van der Waals surface area contributed by atoms with Crippen LogP contribution in [0.25, 0.3) is 5.78 Å². The minimum Gasteiger partial charge on any atom is -0.493 e. The number of hydrogen-bond donors (Lipinski definition) is 2. The number of anilines is 2. The molecule has 0 spiro atoms. The summed E-state index contributed by atoms with van der Waals surface area (Å²) in [5.41, 5.74) is 0. The number of nitrogens with zero attached hydrogens (tertiary/aromatic N) is 5. The Morgan fingerprint density at radius 1 is 1.04 bits per heavy atom. The van der Waals surface area contributed by atoms with Crippen LogP contribution >= 0.6 is 11.8 Å². The highest BCUT2D eigenvalue weighted by atomic mass is 32.2. The Morgan fingerprint density at radius 2 is 1.84 bits per heavy atom. The van der Waals surface area contributed by atoms with Crippen molar-refractivity contribution in [1.82, 2.24) is 24.6 Å². The quantitative estimate of drug-likeness (QED) is 0.445. The fourth-order valence-electron chi connectivity index (χ4n) is 2.21. The van der Waals surface area contributed by atoms with E-state index in [1.807, 2.05) is 48.6 Å². The van der Waals surface area contributed by atoms with Crippen molar-refractivity contribution in [1.29, 1.82) is 0 Å². The maximum absolute atomic E-state index is 5.71. The van der Waals surface area contributed by atoms with Crippen LogP contribution in [0.1, 0.15) is 13.8 Å². The molecule has 0 amide bonds. The van der Waals surface area contributed by atoms with E-state index in [4.69, 9.17) is 4.74 Å². The monoisotopic (exact) mass is 359 g/mol. The van der Waals surface area contributed by atoms with Gasteiger partial charge in [0.25, 0.3) is 5.78 Å². The van der Waals surface area contributed by atoms with Gasteiger partial charge in [0.1, 0.15) is 5.75 Å². The first-order chi connectivity index (χ1) is 12.3. The molecule has 2 N–H and O–H groups in total. The van der Waals surface area contributed by atoms with Crippen LogP contribution in [0.5, 0.6) is 5.75 Å². The highest BCUT2D eigenvalue weighted by Crippen LogP contribution is 2.21. The van der Waals surface area contributed by atoms with E-state index in [0.29, 0.717) is 24.3 Å². The molecule has 25 heavy (non-hydrogen) atoms. The van der Waals surface area contributed by atoms with Crippen molar-refractivity contribution in [2.75, 3.05) is 36.1 Å². The molecule has 0 fully saturated rings. The molecule has 3 rings (SSSR count). The minimum atomic E-state index is 0.522. The largest absolute Gasteiger partial charge is 0.493 e. The molecule has 132 valence electrons. The Hall–Kier alpha value is -2.55. The van der Waals surface area contributed by atoms with E-state index in [9.17, 15) is 0 Å². The molecule has 0 saturated carbocycles. The predicted octanol–water partition coefficient (Wildman–Crippen LogP) is 2.55. The lowest BCUT2D eigenvalue weighted by Gasteiger charge is -2.09. The Balaban J connectivity index is 1.70. The van der Waals surface area contributed by atoms with E-state index >= 15 is 0 Å². The Bertz CT molecular complexity index is 809. The number of thioether (sulfide) groups is 1. The first-order valence-electron chi connectivity index (χ1n) is 8.23. The third-order valence-corrected chi connectivity index (χ3v) is 4.14. The molecule has 0 bridgehead atoms. The third kappa shape index (κ3) is 4.30. The second-order valence-electron chi connectivity index (χ2n) is 5.06. The van der Waals surface area contributed by atoms with E-state index in [2.05, 4.69) is 30.8 Å². The van der Waals surface area contributed by atoms with Gasteiger partial charge in [-0.3, -0.25) is 0 Å². The normalized spacial score (nSPS) is 10.8. The van der Waals surface area contributed by atoms with Crippen LogP contribution in [0.4, 0.5) is 11.9 Å². The first kappa shape index (κ1) is 17.3. The lowest BCUT2D eigenvalue weighted by Crippen LogP contribution is -2.11. The van der Waals surface area contributed by atoms with Gasteiger partial charge in [-0.25, -0.2) is 4.40 Å². The van der Waals surface area contributed by atoms with Crippen molar-refractivity contribution in [2.45, 2.75) is 19.0 Å². The number of rotatable bonds is 9. The van der Waals surface area contributed by atoms with E-state index < -0.39 is 0 Å². The summed E-state index contributed by atoms with van der Waals surface area (Å²) in [7, 11) is 0. The smallest absolute Gasteiger partial charge is 0.261 e. The summed E-state index contributed by atoms with van der Waals surface area (Å²) in [6, 6.07) is 9.76. The molecule has 3 aromatic rings. The van der Waals surface area contributed by atoms with Crippen molar-refractivity contribution in [3.63, 3.8) is 0 Å². The van der Waals surface area contributed by atoms with Gasteiger partial charge < -0.3 is 15.4 Å². The molecule has 8 nitrogen and oxygen atoms in total. The van der Waals surface area contributed by atoms with Crippen LogP contribution in [-0.4, -0.2) is 50.0 Å². The van der Waals surface area contributed by atoms with Gasteiger partial charge in [-0.05, 0) is 26.0 Å². The molecule has 0 unspecified atom stereocenters. The first-order valence-corrected chi connectivity index (χ1v) is 9.22. The zero-order valence-electron chi connectivity index (χ0n) is 14.3. The van der Waals surface area contributed by atoms with Crippen molar-refractivity contribution in [2.24, 2.45) is 0 Å². The Kier molecular flexibility index (Phi) is 5.89. The summed E-state index contributed by atoms with van der Waals surface area (Å²) in [5.74, 6) is 3.35. The van der Waals surface area contributed by atoms with Gasteiger partial charge in [-0.2, -0.15) is 9.97 Å². The lowest BCUT2D eigenvalue weighted by molar-refractivity contribution is 0.344. The van der Waals surface area contributed by atoms with Crippen molar-refractivity contribution >= 4 is 29.4 Å². The topological polar surface area (TPSA) is 89.3 Å². The second kappa shape index (κ2) is 8.52. The van der Waals surface area contributed by atoms with Gasteiger partial charge in [0, 0.05) is 18.8 Å². The Labute approximate surface area is 150 Å². The van der Waals surface area contributed by atoms with Crippen LogP contribution in [0.2, 0.25) is 0 Å². The van der Waals surface area contributed by atoms with E-state index in [-0.39, 0.29) is 0 Å². The fraction of sp³-hybridized carbons (Fsp3) is 0.375. The molecule has 0 atom stereocenters. The maximum Gasteiger partial charge on any atom is 0.261 e. The van der Waals surface area contributed by atoms with Crippen LogP contribution in [0.3, 0.4) is 0 Å². The summed E-state index contributed by atoms with van der Waals surface area (Å²) in [6.45, 7) is 6.09. The van der Waals surface area contributed by atoms with Gasteiger partial charge >= 0.3 is 0 Å². The van der Waals surface area contributed by atoms with Crippen molar-refractivity contribution in [3.8, 4) is 5.75 Å². The SMILES string of the molecule is CCNc1nc(NCC)n2c(SCCOc3ccccc3)nnc2n1. The molecule has 0 aliphatic heterocycles. The summed E-state index contributed by atoms with van der Waals surface area (Å²) in [5, 5.41) is 15.5. The van der Waals surface area contributed by atoms with Crippen LogP contribution < -0.4 is 15.4 Å². The van der Waals surface area contributed by atoms with Gasteiger partial charge in [0.15, 0.2) is 5.16 Å². The van der Waals surface area contributed by atoms with Gasteiger partial charge in [-0.15, -0.1) is 10.2 Å². The number of nitrogens with one attached hydrogen (secondary N) is 2. The number of fused-ring (bicyclic) bond motifs is 1. The lowest BCUT2D eigenvalue weighted by atomic mass is 10.3. The molecular weight excluding hydrogens is 338 g/mol. The van der Waals surface area contributed by atoms with Crippen molar-refractivity contribution in [3.05, 3.63) is 30.3 Å². The van der Waals surface area contributed by atoms with E-state index in [1.165, 1.54) is 0 Å². The Morgan fingerprint density at radius 3 is 2.60 bits per heavy atom. The highest BCUT2D eigenvalue weighted by molar-refractivity contribution is 7.99. The molecular formula is C16H21N7OS. The highest BCUT2D eigenvalue weighted by Gasteiger charge is 2.14. The molecule has 0 aliphatic carbocycles. The number of hydrogen-bond acceptors (Lipinski definition) is 8. The standard InChI is InChI=1S/C16H21N7OS/c1-3-17-13-19-14(18-4-2)23-15(20-13)21-22-16(23)25-11-10-24-12-8-6-5-7-9-12/h5-9H,3-4,10-11H2,1-2H3,(H2,17,18,19,20,21). The van der Waals surface area contributed by atoms with Crippen LogP contribution in [-0.2, 0) is 0 Å². The summed E-state index contributed by atoms with van der Waals surface area (Å²) < 4.78 is 7.54. The molecule has 2 aromatic heterocycles. The third-order valence-electron chi connectivity index (χ3n) is 3.24. The van der Waals surface area contributed by atoms with Crippen molar-refractivity contribution < 1.29 is 4.74 Å². The molecule has 0 radical (unpaired) electrons. The summed E-state index contributed by atoms with van der Waals surface area (Å²) >= 11 is 1.56. The molecule has 9 heteroatoms. The summed E-state index contributed by atoms with van der Waals surface area (Å²) in [4.78, 5) is 8.88. The zero-order chi connectivity index (χ0) is 17.5.